The first-order valence-electron chi connectivity index (χ1n) is 8.01. The number of likely N-dealkylation sites (N-methyl/N-ethyl adjacent to an activating group) is 1. The van der Waals surface area contributed by atoms with Crippen LogP contribution in [0, 0.1) is 0 Å². The lowest BCUT2D eigenvalue weighted by atomic mass is 10.1. The van der Waals surface area contributed by atoms with Gasteiger partial charge in [-0.1, -0.05) is 6.08 Å². The van der Waals surface area contributed by atoms with Gasteiger partial charge in [-0.15, -0.1) is 6.58 Å². The van der Waals surface area contributed by atoms with E-state index in [1.54, 1.807) is 31.3 Å². The van der Waals surface area contributed by atoms with Crippen LogP contribution >= 0.6 is 0 Å². The molecule has 2 N–H and O–H groups in total. The standard InChI is InChI=1S/C17H20N6O3/c1-4-9-23-13-14(22(2)17(25)20-15(13)24)19-16(23)21-18-10-11-5-7-12(26-3)8-6-11/h4-8,10,13-14H,1,9H2,2-3H3,(H,19,21)(H,20,24,25)/b18-10+. The molecule has 2 aliphatic rings. The molecule has 2 unspecified atom stereocenters. The predicted octanol–water partition coefficient (Wildman–Crippen LogP) is 0.353. The number of methoxy groups -OCH3 is 1. The SMILES string of the molecule is C=CCN1C(N/N=C/c2ccc(OC)cc2)=NC2C1C(=O)NC(=O)N2C. The molecule has 0 bridgehead atoms. The van der Waals surface area contributed by atoms with Crippen molar-refractivity contribution in [1.82, 2.24) is 20.5 Å². The number of imide groups is 1. The van der Waals surface area contributed by atoms with Crippen LogP contribution in [0.25, 0.3) is 0 Å². The highest BCUT2D eigenvalue weighted by atomic mass is 16.5. The first kappa shape index (κ1) is 17.5. The summed E-state index contributed by atoms with van der Waals surface area (Å²) in [6, 6.07) is 6.30. The third kappa shape index (κ3) is 3.23. The van der Waals surface area contributed by atoms with Crippen molar-refractivity contribution in [2.24, 2.45) is 10.1 Å². The molecule has 26 heavy (non-hydrogen) atoms. The van der Waals surface area contributed by atoms with Gasteiger partial charge in [-0.2, -0.15) is 5.10 Å². The van der Waals surface area contributed by atoms with Crippen molar-refractivity contribution in [3.8, 4) is 5.75 Å². The van der Waals surface area contributed by atoms with Gasteiger partial charge in [0.25, 0.3) is 5.91 Å². The van der Waals surface area contributed by atoms with Crippen LogP contribution in [0.4, 0.5) is 4.79 Å². The molecule has 2 atom stereocenters. The molecule has 1 fully saturated rings. The summed E-state index contributed by atoms with van der Waals surface area (Å²) in [5.41, 5.74) is 3.72. The van der Waals surface area contributed by atoms with Gasteiger partial charge < -0.3 is 14.5 Å². The molecule has 1 aromatic carbocycles. The number of carbonyl (C=O) groups excluding carboxylic acids is 2. The number of amides is 3. The second kappa shape index (κ2) is 7.26. The van der Waals surface area contributed by atoms with Gasteiger partial charge in [0, 0.05) is 13.6 Å². The maximum absolute atomic E-state index is 12.2. The van der Waals surface area contributed by atoms with E-state index in [1.165, 1.54) is 4.90 Å². The van der Waals surface area contributed by atoms with Crippen LogP contribution in [0.15, 0.2) is 47.0 Å². The van der Waals surface area contributed by atoms with Gasteiger partial charge in [0.1, 0.15) is 5.75 Å². The Labute approximate surface area is 151 Å². The van der Waals surface area contributed by atoms with Crippen LogP contribution in [0.5, 0.6) is 5.75 Å². The van der Waals surface area contributed by atoms with Gasteiger partial charge >= 0.3 is 6.03 Å². The maximum Gasteiger partial charge on any atom is 0.325 e. The molecule has 1 aromatic rings. The van der Waals surface area contributed by atoms with E-state index >= 15 is 0 Å². The predicted molar refractivity (Wildman–Crippen MR) is 96.9 cm³/mol. The highest BCUT2D eigenvalue weighted by Gasteiger charge is 2.48. The largest absolute Gasteiger partial charge is 0.497 e. The summed E-state index contributed by atoms with van der Waals surface area (Å²) >= 11 is 0. The van der Waals surface area contributed by atoms with E-state index in [4.69, 9.17) is 4.74 Å². The molecule has 0 aliphatic carbocycles. The zero-order valence-corrected chi connectivity index (χ0v) is 14.5. The second-order valence-corrected chi connectivity index (χ2v) is 5.80. The Balaban J connectivity index is 1.76. The Morgan fingerprint density at radius 2 is 2.12 bits per heavy atom. The van der Waals surface area contributed by atoms with Crippen molar-refractivity contribution >= 4 is 24.1 Å². The smallest absolute Gasteiger partial charge is 0.325 e. The van der Waals surface area contributed by atoms with E-state index in [2.05, 4.69) is 27.4 Å². The van der Waals surface area contributed by atoms with Crippen LogP contribution in [0.3, 0.4) is 0 Å². The van der Waals surface area contributed by atoms with Crippen LogP contribution in [-0.4, -0.2) is 66.8 Å². The van der Waals surface area contributed by atoms with Gasteiger partial charge in [0.15, 0.2) is 12.2 Å². The first-order chi connectivity index (χ1) is 12.5. The number of guanidine groups is 1. The Morgan fingerprint density at radius 3 is 2.77 bits per heavy atom. The highest BCUT2D eigenvalue weighted by Crippen LogP contribution is 2.23. The molecule has 0 spiro atoms. The van der Waals surface area contributed by atoms with Crippen molar-refractivity contribution in [2.75, 3.05) is 20.7 Å². The summed E-state index contributed by atoms with van der Waals surface area (Å²) in [5, 5.41) is 6.50. The summed E-state index contributed by atoms with van der Waals surface area (Å²) in [4.78, 5) is 31.6. The van der Waals surface area contributed by atoms with Crippen molar-refractivity contribution in [3.05, 3.63) is 42.5 Å². The lowest BCUT2D eigenvalue weighted by Crippen LogP contribution is -2.64. The molecule has 9 heteroatoms. The van der Waals surface area contributed by atoms with Crippen LogP contribution in [0.2, 0.25) is 0 Å². The van der Waals surface area contributed by atoms with Crippen molar-refractivity contribution < 1.29 is 14.3 Å². The minimum atomic E-state index is -0.616. The number of hydrogen-bond acceptors (Lipinski definition) is 7. The number of hydrogen-bond donors (Lipinski definition) is 2. The number of carbonyl (C=O) groups is 2. The topological polar surface area (TPSA) is 98.6 Å². The lowest BCUT2D eigenvalue weighted by Gasteiger charge is -2.35. The molecule has 3 rings (SSSR count). The normalized spacial score (nSPS) is 22.2. The van der Waals surface area contributed by atoms with Crippen molar-refractivity contribution in [2.45, 2.75) is 12.2 Å². The lowest BCUT2D eigenvalue weighted by molar-refractivity contribution is -0.126. The monoisotopic (exact) mass is 356 g/mol. The van der Waals surface area contributed by atoms with Crippen LogP contribution in [-0.2, 0) is 4.79 Å². The number of urea groups is 1. The van der Waals surface area contributed by atoms with E-state index in [-0.39, 0.29) is 5.91 Å². The number of rotatable bonds is 5. The zero-order valence-electron chi connectivity index (χ0n) is 14.5. The van der Waals surface area contributed by atoms with Crippen LogP contribution in [0.1, 0.15) is 5.56 Å². The molecule has 3 amide bonds. The second-order valence-electron chi connectivity index (χ2n) is 5.80. The number of nitrogens with zero attached hydrogens (tertiary/aromatic N) is 4. The van der Waals surface area contributed by atoms with Gasteiger partial charge in [-0.05, 0) is 29.8 Å². The number of ether oxygens (including phenoxy) is 1. The molecule has 2 heterocycles. The van der Waals surface area contributed by atoms with E-state index in [0.717, 1.165) is 11.3 Å². The summed E-state index contributed by atoms with van der Waals surface area (Å²) < 4.78 is 5.11. The summed E-state index contributed by atoms with van der Waals surface area (Å²) in [6.45, 7) is 4.10. The number of nitrogens with one attached hydrogen (secondary N) is 2. The zero-order chi connectivity index (χ0) is 18.7. The molecule has 0 aromatic heterocycles. The fraction of sp³-hybridized carbons (Fsp3) is 0.294. The van der Waals surface area contributed by atoms with E-state index < -0.39 is 18.2 Å². The third-order valence-electron chi connectivity index (χ3n) is 4.18. The van der Waals surface area contributed by atoms with Crippen LogP contribution < -0.4 is 15.5 Å². The van der Waals surface area contributed by atoms with Gasteiger partial charge in [-0.3, -0.25) is 10.1 Å². The van der Waals surface area contributed by atoms with E-state index in [0.29, 0.717) is 12.5 Å². The van der Waals surface area contributed by atoms with Crippen molar-refractivity contribution in [3.63, 3.8) is 0 Å². The molecule has 0 saturated carbocycles. The molecular weight excluding hydrogens is 336 g/mol. The molecule has 9 nitrogen and oxygen atoms in total. The Morgan fingerprint density at radius 1 is 1.38 bits per heavy atom. The maximum atomic E-state index is 12.2. The molecule has 136 valence electrons. The summed E-state index contributed by atoms with van der Waals surface area (Å²) in [5.74, 6) is 0.774. The summed E-state index contributed by atoms with van der Waals surface area (Å²) in [7, 11) is 3.20. The highest BCUT2D eigenvalue weighted by molar-refractivity contribution is 6.03. The number of aliphatic imine (C=N–C) groups is 1. The minimum absolute atomic E-state index is 0.389. The molecule has 2 aliphatic heterocycles. The fourth-order valence-electron chi connectivity index (χ4n) is 2.81. The number of fused-ring (bicyclic) bond motifs is 1. The Bertz CT molecular complexity index is 773. The van der Waals surface area contributed by atoms with E-state index in [1.807, 2.05) is 24.3 Å². The molecule has 0 radical (unpaired) electrons. The number of hydrazone groups is 1. The van der Waals surface area contributed by atoms with Gasteiger partial charge in [0.2, 0.25) is 5.96 Å². The average molecular weight is 356 g/mol. The Hall–Kier alpha value is -3.36. The molecule has 1 saturated heterocycles. The minimum Gasteiger partial charge on any atom is -0.497 e. The fourth-order valence-corrected chi connectivity index (χ4v) is 2.81. The average Bonchev–Trinajstić information content (AvgIpc) is 3.00. The Kier molecular flexibility index (Phi) is 4.87. The first-order valence-corrected chi connectivity index (χ1v) is 8.01. The summed E-state index contributed by atoms with van der Waals surface area (Å²) in [6.07, 6.45) is 2.69. The van der Waals surface area contributed by atoms with Gasteiger partial charge in [0.05, 0.1) is 13.3 Å². The van der Waals surface area contributed by atoms with Crippen molar-refractivity contribution in [1.29, 1.82) is 0 Å². The third-order valence-corrected chi connectivity index (χ3v) is 4.18. The van der Waals surface area contributed by atoms with E-state index in [9.17, 15) is 9.59 Å². The quantitative estimate of drug-likeness (QED) is 0.451. The number of benzene rings is 1. The molecular formula is C17H20N6O3. The van der Waals surface area contributed by atoms with Gasteiger partial charge in [-0.25, -0.2) is 15.2 Å².